The lowest BCUT2D eigenvalue weighted by molar-refractivity contribution is -0.140. The molecule has 2 saturated heterocycles. The third kappa shape index (κ3) is 3.19. The summed E-state index contributed by atoms with van der Waals surface area (Å²) in [6.07, 6.45) is 4.94. The predicted octanol–water partition coefficient (Wildman–Crippen LogP) is 1.04. The highest BCUT2D eigenvalue weighted by atomic mass is 19.1. The van der Waals surface area contributed by atoms with E-state index in [1.54, 1.807) is 0 Å². The summed E-state index contributed by atoms with van der Waals surface area (Å²) in [7, 11) is 0. The van der Waals surface area contributed by atoms with E-state index in [4.69, 9.17) is 9.84 Å². The predicted molar refractivity (Wildman–Crippen MR) is 71.3 cm³/mol. The Morgan fingerprint density at radius 2 is 2.29 bits per heavy atom. The molecular formula is C14H18FN3O3. The third-order valence-corrected chi connectivity index (χ3v) is 4.19. The zero-order valence-corrected chi connectivity index (χ0v) is 11.7. The number of nitrogens with zero attached hydrogens (tertiary/aromatic N) is 3. The van der Waals surface area contributed by atoms with Gasteiger partial charge in [-0.3, -0.25) is 9.69 Å². The standard InChI is InChI=1S/C14H18FN3O3/c15-11-5-16-13(17-6-11)10-4-14(21-8-10)2-1-3-18(9-14)7-12(19)20/h5-6,10H,1-4,7-9H2,(H,19,20). The Balaban J connectivity index is 1.67. The second kappa shape index (κ2) is 5.65. The van der Waals surface area contributed by atoms with Gasteiger partial charge in [-0.05, 0) is 25.8 Å². The van der Waals surface area contributed by atoms with E-state index in [1.165, 1.54) is 12.4 Å². The molecule has 114 valence electrons. The quantitative estimate of drug-likeness (QED) is 0.898. The minimum absolute atomic E-state index is 0.0445. The van der Waals surface area contributed by atoms with E-state index >= 15 is 0 Å². The molecule has 21 heavy (non-hydrogen) atoms. The molecule has 0 aromatic carbocycles. The summed E-state index contributed by atoms with van der Waals surface area (Å²) in [6, 6.07) is 0. The van der Waals surface area contributed by atoms with Gasteiger partial charge in [-0.2, -0.15) is 0 Å². The Labute approximate surface area is 122 Å². The SMILES string of the molecule is O=C(O)CN1CCCC2(CC(c3ncc(F)cn3)CO2)C1. The first kappa shape index (κ1) is 14.3. The molecule has 2 aliphatic heterocycles. The van der Waals surface area contributed by atoms with Gasteiger partial charge in [0.05, 0.1) is 31.1 Å². The van der Waals surface area contributed by atoms with Crippen molar-refractivity contribution in [1.82, 2.24) is 14.9 Å². The summed E-state index contributed by atoms with van der Waals surface area (Å²) < 4.78 is 18.9. The highest BCUT2D eigenvalue weighted by Gasteiger charge is 2.44. The molecule has 1 aromatic rings. The lowest BCUT2D eigenvalue weighted by Gasteiger charge is -2.39. The number of aliphatic carboxylic acids is 1. The molecular weight excluding hydrogens is 277 g/mol. The zero-order chi connectivity index (χ0) is 14.9. The van der Waals surface area contributed by atoms with E-state index in [0.717, 1.165) is 25.8 Å². The van der Waals surface area contributed by atoms with Gasteiger partial charge in [0.15, 0.2) is 5.82 Å². The fraction of sp³-hybridized carbons (Fsp3) is 0.643. The summed E-state index contributed by atoms with van der Waals surface area (Å²) in [4.78, 5) is 20.8. The van der Waals surface area contributed by atoms with Crippen molar-refractivity contribution in [2.24, 2.45) is 0 Å². The largest absolute Gasteiger partial charge is 0.480 e. The van der Waals surface area contributed by atoms with Crippen LogP contribution in [-0.2, 0) is 9.53 Å². The number of piperidine rings is 1. The number of likely N-dealkylation sites (tertiary alicyclic amines) is 1. The van der Waals surface area contributed by atoms with E-state index in [9.17, 15) is 9.18 Å². The molecule has 0 saturated carbocycles. The maximum atomic E-state index is 12.9. The van der Waals surface area contributed by atoms with Gasteiger partial charge in [0.2, 0.25) is 0 Å². The van der Waals surface area contributed by atoms with E-state index in [-0.39, 0.29) is 18.1 Å². The van der Waals surface area contributed by atoms with Gasteiger partial charge in [0.25, 0.3) is 0 Å². The topological polar surface area (TPSA) is 75.5 Å². The molecule has 0 radical (unpaired) electrons. The van der Waals surface area contributed by atoms with E-state index in [0.29, 0.717) is 19.0 Å². The van der Waals surface area contributed by atoms with Crippen LogP contribution in [0.3, 0.4) is 0 Å². The van der Waals surface area contributed by atoms with Crippen molar-refractivity contribution in [1.29, 1.82) is 0 Å². The fourth-order valence-electron chi connectivity index (χ4n) is 3.34. The number of hydrogen-bond donors (Lipinski definition) is 1. The number of rotatable bonds is 3. The summed E-state index contributed by atoms with van der Waals surface area (Å²) in [6.45, 7) is 1.96. The number of ether oxygens (including phenoxy) is 1. The number of carboxylic acid groups (broad SMARTS) is 1. The van der Waals surface area contributed by atoms with Crippen molar-refractivity contribution in [2.45, 2.75) is 30.8 Å². The van der Waals surface area contributed by atoms with Gasteiger partial charge in [-0.25, -0.2) is 14.4 Å². The summed E-state index contributed by atoms with van der Waals surface area (Å²) >= 11 is 0. The number of aromatic nitrogens is 2. The Kier molecular flexibility index (Phi) is 3.86. The smallest absolute Gasteiger partial charge is 0.317 e. The molecule has 1 N–H and O–H groups in total. The summed E-state index contributed by atoms with van der Waals surface area (Å²) in [5, 5.41) is 8.91. The molecule has 3 rings (SSSR count). The third-order valence-electron chi connectivity index (χ3n) is 4.19. The van der Waals surface area contributed by atoms with Crippen LogP contribution < -0.4 is 0 Å². The van der Waals surface area contributed by atoms with Gasteiger partial charge in [0.1, 0.15) is 5.82 Å². The Hall–Kier alpha value is -1.60. The summed E-state index contributed by atoms with van der Waals surface area (Å²) in [5.41, 5.74) is -0.309. The summed E-state index contributed by atoms with van der Waals surface area (Å²) in [5.74, 6) is -0.611. The number of hydrogen-bond acceptors (Lipinski definition) is 5. The molecule has 0 amide bonds. The number of carboxylic acids is 1. The van der Waals surface area contributed by atoms with Crippen molar-refractivity contribution in [3.63, 3.8) is 0 Å². The second-order valence-corrected chi connectivity index (χ2v) is 5.86. The van der Waals surface area contributed by atoms with Crippen LogP contribution in [0.4, 0.5) is 4.39 Å². The van der Waals surface area contributed by atoms with Crippen LogP contribution in [-0.4, -0.2) is 57.8 Å². The Morgan fingerprint density at radius 3 is 3.00 bits per heavy atom. The maximum absolute atomic E-state index is 12.9. The normalized spacial score (nSPS) is 29.9. The molecule has 7 heteroatoms. The second-order valence-electron chi connectivity index (χ2n) is 5.86. The lowest BCUT2D eigenvalue weighted by atomic mass is 9.86. The molecule has 0 bridgehead atoms. The van der Waals surface area contributed by atoms with Gasteiger partial charge in [0, 0.05) is 12.5 Å². The van der Waals surface area contributed by atoms with Crippen molar-refractivity contribution in [3.05, 3.63) is 24.0 Å². The number of carbonyl (C=O) groups is 1. The molecule has 1 spiro atoms. The van der Waals surface area contributed by atoms with Gasteiger partial charge < -0.3 is 9.84 Å². The van der Waals surface area contributed by atoms with Crippen LogP contribution in [0.15, 0.2) is 12.4 Å². The minimum atomic E-state index is -0.816. The van der Waals surface area contributed by atoms with Crippen LogP contribution in [0.1, 0.15) is 31.0 Å². The maximum Gasteiger partial charge on any atom is 0.317 e. The molecule has 3 heterocycles. The monoisotopic (exact) mass is 295 g/mol. The first-order chi connectivity index (χ1) is 10.1. The molecule has 1 aromatic heterocycles. The van der Waals surface area contributed by atoms with Crippen LogP contribution in [0.5, 0.6) is 0 Å². The van der Waals surface area contributed by atoms with Crippen LogP contribution in [0.2, 0.25) is 0 Å². The molecule has 0 aliphatic carbocycles. The molecule has 6 nitrogen and oxygen atoms in total. The van der Waals surface area contributed by atoms with E-state index in [2.05, 4.69) is 9.97 Å². The Morgan fingerprint density at radius 1 is 1.52 bits per heavy atom. The van der Waals surface area contributed by atoms with Crippen LogP contribution in [0.25, 0.3) is 0 Å². The van der Waals surface area contributed by atoms with E-state index < -0.39 is 11.8 Å². The first-order valence-corrected chi connectivity index (χ1v) is 7.12. The van der Waals surface area contributed by atoms with Gasteiger partial charge in [-0.15, -0.1) is 0 Å². The molecule has 2 fully saturated rings. The fourth-order valence-corrected chi connectivity index (χ4v) is 3.34. The highest BCUT2D eigenvalue weighted by molar-refractivity contribution is 5.69. The zero-order valence-electron chi connectivity index (χ0n) is 11.7. The number of halogens is 1. The van der Waals surface area contributed by atoms with Gasteiger partial charge in [-0.1, -0.05) is 0 Å². The average Bonchev–Trinajstić information content (AvgIpc) is 2.82. The highest BCUT2D eigenvalue weighted by Crippen LogP contribution is 2.40. The molecule has 2 atom stereocenters. The average molecular weight is 295 g/mol. The minimum Gasteiger partial charge on any atom is -0.480 e. The lowest BCUT2D eigenvalue weighted by Crippen LogP contribution is -2.49. The van der Waals surface area contributed by atoms with Crippen molar-refractivity contribution < 1.29 is 19.0 Å². The van der Waals surface area contributed by atoms with Crippen LogP contribution >= 0.6 is 0 Å². The van der Waals surface area contributed by atoms with Crippen molar-refractivity contribution >= 4 is 5.97 Å². The van der Waals surface area contributed by atoms with Gasteiger partial charge >= 0.3 is 5.97 Å². The molecule has 2 aliphatic rings. The Bertz CT molecular complexity index is 525. The van der Waals surface area contributed by atoms with Crippen molar-refractivity contribution in [3.8, 4) is 0 Å². The van der Waals surface area contributed by atoms with Crippen LogP contribution in [0, 0.1) is 5.82 Å². The van der Waals surface area contributed by atoms with E-state index in [1.807, 2.05) is 4.90 Å². The van der Waals surface area contributed by atoms with Crippen molar-refractivity contribution in [2.75, 3.05) is 26.2 Å². The first-order valence-electron chi connectivity index (χ1n) is 7.12. The molecule has 2 unspecified atom stereocenters.